The van der Waals surface area contributed by atoms with Crippen LogP contribution in [0.25, 0.3) is 0 Å². The number of sulfonamides is 1. The third-order valence-corrected chi connectivity index (χ3v) is 5.20. The molecule has 0 aromatic heterocycles. The SMILES string of the molecule is CCNCC(C)S(=O)(=O)N1CCCOC(C)C1. The van der Waals surface area contributed by atoms with E-state index in [1.165, 1.54) is 0 Å². The van der Waals surface area contributed by atoms with Gasteiger partial charge in [0.05, 0.1) is 11.4 Å². The van der Waals surface area contributed by atoms with E-state index in [9.17, 15) is 8.42 Å². The van der Waals surface area contributed by atoms with Gasteiger partial charge < -0.3 is 10.1 Å². The fourth-order valence-electron chi connectivity index (χ4n) is 1.89. The van der Waals surface area contributed by atoms with Crippen LogP contribution < -0.4 is 5.32 Å². The lowest BCUT2D eigenvalue weighted by Gasteiger charge is -2.25. The van der Waals surface area contributed by atoms with Gasteiger partial charge in [-0.3, -0.25) is 0 Å². The molecule has 1 saturated heterocycles. The molecule has 0 aromatic rings. The van der Waals surface area contributed by atoms with E-state index in [0.717, 1.165) is 13.0 Å². The van der Waals surface area contributed by atoms with Gasteiger partial charge in [-0.2, -0.15) is 4.31 Å². The molecule has 1 aliphatic rings. The van der Waals surface area contributed by atoms with E-state index in [-0.39, 0.29) is 11.4 Å². The molecule has 1 fully saturated rings. The van der Waals surface area contributed by atoms with Crippen molar-refractivity contribution >= 4 is 10.0 Å². The van der Waals surface area contributed by atoms with Gasteiger partial charge in [0.25, 0.3) is 0 Å². The molecule has 0 aliphatic carbocycles. The summed E-state index contributed by atoms with van der Waals surface area (Å²) in [5.41, 5.74) is 0. The Morgan fingerprint density at radius 1 is 1.53 bits per heavy atom. The van der Waals surface area contributed by atoms with Crippen LogP contribution in [0.2, 0.25) is 0 Å². The summed E-state index contributed by atoms with van der Waals surface area (Å²) in [6.07, 6.45) is 0.760. The minimum Gasteiger partial charge on any atom is -0.377 e. The maximum Gasteiger partial charge on any atom is 0.218 e. The molecular formula is C11H24N2O3S. The fourth-order valence-corrected chi connectivity index (χ4v) is 3.53. The number of rotatable bonds is 5. The molecule has 2 unspecified atom stereocenters. The van der Waals surface area contributed by atoms with Crippen LogP contribution >= 0.6 is 0 Å². The number of nitrogens with zero attached hydrogens (tertiary/aromatic N) is 1. The lowest BCUT2D eigenvalue weighted by molar-refractivity contribution is 0.0751. The maximum atomic E-state index is 12.3. The van der Waals surface area contributed by atoms with Gasteiger partial charge in [0.1, 0.15) is 0 Å². The Kier molecular flexibility index (Phi) is 5.85. The molecule has 17 heavy (non-hydrogen) atoms. The van der Waals surface area contributed by atoms with Crippen molar-refractivity contribution in [3.8, 4) is 0 Å². The van der Waals surface area contributed by atoms with Crippen LogP contribution in [0.3, 0.4) is 0 Å². The van der Waals surface area contributed by atoms with Gasteiger partial charge in [0, 0.05) is 26.2 Å². The van der Waals surface area contributed by atoms with Gasteiger partial charge in [0.2, 0.25) is 10.0 Å². The highest BCUT2D eigenvalue weighted by atomic mass is 32.2. The molecule has 6 heteroatoms. The van der Waals surface area contributed by atoms with Crippen molar-refractivity contribution in [2.45, 2.75) is 38.5 Å². The zero-order valence-corrected chi connectivity index (χ0v) is 11.8. The quantitative estimate of drug-likeness (QED) is 0.782. The zero-order chi connectivity index (χ0) is 12.9. The summed E-state index contributed by atoms with van der Waals surface area (Å²) in [5, 5.41) is 2.70. The van der Waals surface area contributed by atoms with Gasteiger partial charge in [-0.15, -0.1) is 0 Å². The second kappa shape index (κ2) is 6.68. The van der Waals surface area contributed by atoms with Gasteiger partial charge in [-0.05, 0) is 26.8 Å². The molecule has 1 aliphatic heterocycles. The average Bonchev–Trinajstić information content (AvgIpc) is 2.50. The van der Waals surface area contributed by atoms with E-state index in [1.54, 1.807) is 11.2 Å². The number of hydrogen-bond donors (Lipinski definition) is 1. The smallest absolute Gasteiger partial charge is 0.218 e. The predicted octanol–water partition coefficient (Wildman–Crippen LogP) is 0.425. The Balaban J connectivity index is 2.67. The number of hydrogen-bond acceptors (Lipinski definition) is 4. The molecule has 1 N–H and O–H groups in total. The molecule has 0 aromatic carbocycles. The summed E-state index contributed by atoms with van der Waals surface area (Å²) in [5.74, 6) is 0. The first-order valence-corrected chi connectivity index (χ1v) is 7.80. The Morgan fingerprint density at radius 2 is 2.24 bits per heavy atom. The largest absolute Gasteiger partial charge is 0.377 e. The van der Waals surface area contributed by atoms with E-state index in [1.807, 2.05) is 13.8 Å². The van der Waals surface area contributed by atoms with Crippen LogP contribution in [0.4, 0.5) is 0 Å². The maximum absolute atomic E-state index is 12.3. The molecular weight excluding hydrogens is 240 g/mol. The van der Waals surface area contributed by atoms with E-state index < -0.39 is 10.0 Å². The topological polar surface area (TPSA) is 58.6 Å². The summed E-state index contributed by atoms with van der Waals surface area (Å²) >= 11 is 0. The first kappa shape index (κ1) is 14.9. The van der Waals surface area contributed by atoms with Crippen molar-refractivity contribution in [3.63, 3.8) is 0 Å². The second-order valence-corrected chi connectivity index (χ2v) is 6.91. The monoisotopic (exact) mass is 264 g/mol. The first-order valence-electron chi connectivity index (χ1n) is 6.29. The highest BCUT2D eigenvalue weighted by Gasteiger charge is 2.30. The van der Waals surface area contributed by atoms with Gasteiger partial charge in [-0.1, -0.05) is 6.92 Å². The first-order chi connectivity index (χ1) is 7.98. The van der Waals surface area contributed by atoms with Crippen molar-refractivity contribution < 1.29 is 13.2 Å². The highest BCUT2D eigenvalue weighted by Crippen LogP contribution is 2.14. The van der Waals surface area contributed by atoms with Gasteiger partial charge >= 0.3 is 0 Å². The normalized spacial score (nSPS) is 25.5. The summed E-state index contributed by atoms with van der Waals surface area (Å²) < 4.78 is 31.7. The third kappa shape index (κ3) is 4.21. The second-order valence-electron chi connectivity index (χ2n) is 4.56. The lowest BCUT2D eigenvalue weighted by atomic mass is 10.4. The molecule has 1 heterocycles. The lowest BCUT2D eigenvalue weighted by Crippen LogP contribution is -2.44. The van der Waals surface area contributed by atoms with Crippen LogP contribution in [0.1, 0.15) is 27.2 Å². The number of ether oxygens (including phenoxy) is 1. The molecule has 0 bridgehead atoms. The Labute approximate surface area is 105 Å². The Morgan fingerprint density at radius 3 is 2.88 bits per heavy atom. The van der Waals surface area contributed by atoms with Crippen LogP contribution in [0.15, 0.2) is 0 Å². The van der Waals surface area contributed by atoms with Crippen molar-refractivity contribution in [1.29, 1.82) is 0 Å². The fraction of sp³-hybridized carbons (Fsp3) is 1.00. The molecule has 0 saturated carbocycles. The third-order valence-electron chi connectivity index (χ3n) is 2.97. The molecule has 0 radical (unpaired) electrons. The average molecular weight is 264 g/mol. The molecule has 0 amide bonds. The molecule has 0 spiro atoms. The number of nitrogens with one attached hydrogen (secondary N) is 1. The molecule has 102 valence electrons. The molecule has 1 rings (SSSR count). The van der Waals surface area contributed by atoms with Gasteiger partial charge in [0.15, 0.2) is 0 Å². The minimum absolute atomic E-state index is 0.0152. The van der Waals surface area contributed by atoms with Crippen molar-refractivity contribution in [1.82, 2.24) is 9.62 Å². The predicted molar refractivity (Wildman–Crippen MR) is 68.5 cm³/mol. The zero-order valence-electron chi connectivity index (χ0n) is 11.0. The Bertz CT molecular complexity index is 319. The van der Waals surface area contributed by atoms with Crippen molar-refractivity contribution in [2.24, 2.45) is 0 Å². The van der Waals surface area contributed by atoms with E-state index >= 15 is 0 Å². The van der Waals surface area contributed by atoms with E-state index in [0.29, 0.717) is 26.2 Å². The molecule has 2 atom stereocenters. The Hall–Kier alpha value is -0.170. The van der Waals surface area contributed by atoms with Crippen LogP contribution in [0, 0.1) is 0 Å². The summed E-state index contributed by atoms with van der Waals surface area (Å²) in [4.78, 5) is 0. The molecule has 5 nitrogen and oxygen atoms in total. The van der Waals surface area contributed by atoms with E-state index in [4.69, 9.17) is 4.74 Å². The van der Waals surface area contributed by atoms with Crippen molar-refractivity contribution in [2.75, 3.05) is 32.8 Å². The summed E-state index contributed by atoms with van der Waals surface area (Å²) in [7, 11) is -3.20. The van der Waals surface area contributed by atoms with Crippen LogP contribution in [-0.2, 0) is 14.8 Å². The van der Waals surface area contributed by atoms with Crippen LogP contribution in [-0.4, -0.2) is 56.9 Å². The van der Waals surface area contributed by atoms with Gasteiger partial charge in [-0.25, -0.2) is 8.42 Å². The summed E-state index contributed by atoms with van der Waals surface area (Å²) in [6, 6.07) is 0. The standard InChI is InChI=1S/C11H24N2O3S/c1-4-12-8-11(3)17(14,15)13-6-5-7-16-10(2)9-13/h10-12H,4-9H2,1-3H3. The van der Waals surface area contributed by atoms with E-state index in [2.05, 4.69) is 5.32 Å². The highest BCUT2D eigenvalue weighted by molar-refractivity contribution is 7.89. The summed E-state index contributed by atoms with van der Waals surface area (Å²) in [6.45, 7) is 8.64. The van der Waals surface area contributed by atoms with Crippen molar-refractivity contribution in [3.05, 3.63) is 0 Å². The minimum atomic E-state index is -3.20. The van der Waals surface area contributed by atoms with Crippen LogP contribution in [0.5, 0.6) is 0 Å².